The number of fused-ring (bicyclic) bond motifs is 1. The third-order valence-electron chi connectivity index (χ3n) is 8.49. The van der Waals surface area contributed by atoms with E-state index in [4.69, 9.17) is 0 Å². The molecule has 3 heterocycles. The summed E-state index contributed by atoms with van der Waals surface area (Å²) in [6.45, 7) is 6.47. The molecule has 0 saturated heterocycles. The molecule has 4 fully saturated rings. The van der Waals surface area contributed by atoms with Crippen LogP contribution in [0.2, 0.25) is 0 Å². The second-order valence-corrected chi connectivity index (χ2v) is 11.6. The molecule has 1 N–H and O–H groups in total. The largest absolute Gasteiger partial charge is 0.348 e. The maximum Gasteiger partial charge on any atom is 0.263 e. The lowest BCUT2D eigenvalue weighted by atomic mass is 9.48. The molecule has 5 heteroatoms. The molecule has 0 radical (unpaired) electrons. The van der Waals surface area contributed by atoms with Gasteiger partial charge in [0.1, 0.15) is 9.71 Å². The molecule has 162 valence electrons. The Bertz CT molecular complexity index is 1120. The van der Waals surface area contributed by atoms with E-state index in [0.717, 1.165) is 49.9 Å². The molecule has 31 heavy (non-hydrogen) atoms. The molecule has 4 aliphatic carbocycles. The van der Waals surface area contributed by atoms with Crippen LogP contribution in [0.1, 0.15) is 66.5 Å². The number of rotatable bonds is 4. The predicted octanol–water partition coefficient (Wildman–Crippen LogP) is 6.04. The van der Waals surface area contributed by atoms with E-state index in [2.05, 4.69) is 53.8 Å². The standard InChI is InChI=1S/C26H31N3OS/c1-15-6-7-16(2)29(15)22-21-5-4-8-27-25(21)31-23(22)24(30)28-17(3)26-12-18-9-19(13-26)11-20(10-18)14-26/h4-8,17-20H,9-14H2,1-3H3,(H,28,30). The van der Waals surface area contributed by atoms with Crippen LogP contribution in [-0.2, 0) is 0 Å². The fraction of sp³-hybridized carbons (Fsp3) is 0.538. The number of amides is 1. The maximum atomic E-state index is 13.7. The van der Waals surface area contributed by atoms with Crippen LogP contribution in [0.3, 0.4) is 0 Å². The summed E-state index contributed by atoms with van der Waals surface area (Å²) in [6, 6.07) is 8.51. The van der Waals surface area contributed by atoms with Gasteiger partial charge in [-0.05, 0) is 107 Å². The van der Waals surface area contributed by atoms with Crippen LogP contribution >= 0.6 is 11.3 Å². The van der Waals surface area contributed by atoms with Gasteiger partial charge >= 0.3 is 0 Å². The van der Waals surface area contributed by atoms with Crippen LogP contribution in [0.4, 0.5) is 0 Å². The lowest BCUT2D eigenvalue weighted by molar-refractivity contribution is -0.0687. The van der Waals surface area contributed by atoms with Crippen molar-refractivity contribution < 1.29 is 4.79 Å². The number of thiophene rings is 1. The molecule has 4 nitrogen and oxygen atoms in total. The predicted molar refractivity (Wildman–Crippen MR) is 126 cm³/mol. The topological polar surface area (TPSA) is 46.9 Å². The molecule has 3 aromatic heterocycles. The third-order valence-corrected chi connectivity index (χ3v) is 9.59. The quantitative estimate of drug-likeness (QED) is 0.545. The zero-order valence-electron chi connectivity index (χ0n) is 18.6. The highest BCUT2D eigenvalue weighted by Crippen LogP contribution is 2.61. The molecule has 4 saturated carbocycles. The van der Waals surface area contributed by atoms with E-state index >= 15 is 0 Å². The smallest absolute Gasteiger partial charge is 0.263 e. The Balaban J connectivity index is 1.37. The van der Waals surface area contributed by atoms with Gasteiger partial charge in [-0.2, -0.15) is 0 Å². The number of pyridine rings is 1. The van der Waals surface area contributed by atoms with Crippen LogP contribution in [0, 0.1) is 37.0 Å². The summed E-state index contributed by atoms with van der Waals surface area (Å²) in [5, 5.41) is 4.54. The summed E-state index contributed by atoms with van der Waals surface area (Å²) in [4.78, 5) is 20.0. The second-order valence-electron chi connectivity index (χ2n) is 10.6. The van der Waals surface area contributed by atoms with Crippen LogP contribution in [0.25, 0.3) is 15.9 Å². The van der Waals surface area contributed by atoms with Crippen molar-refractivity contribution in [3.8, 4) is 5.69 Å². The number of aryl methyl sites for hydroxylation is 2. The maximum absolute atomic E-state index is 13.7. The minimum Gasteiger partial charge on any atom is -0.348 e. The molecule has 7 rings (SSSR count). The van der Waals surface area contributed by atoms with E-state index in [1.54, 1.807) is 0 Å². The number of carbonyl (C=O) groups is 1. The lowest BCUT2D eigenvalue weighted by Crippen LogP contribution is -2.55. The zero-order valence-corrected chi connectivity index (χ0v) is 19.5. The summed E-state index contributed by atoms with van der Waals surface area (Å²) in [7, 11) is 0. The van der Waals surface area contributed by atoms with Gasteiger partial charge in [-0.3, -0.25) is 4.79 Å². The Morgan fingerprint density at radius 1 is 1.10 bits per heavy atom. The number of hydrogen-bond acceptors (Lipinski definition) is 3. The normalized spacial score (nSPS) is 30.1. The van der Waals surface area contributed by atoms with E-state index in [1.165, 1.54) is 49.9 Å². The number of aromatic nitrogens is 2. The Hall–Kier alpha value is -2.14. The molecule has 0 aliphatic heterocycles. The first-order chi connectivity index (χ1) is 14.9. The molecule has 4 bridgehead atoms. The van der Waals surface area contributed by atoms with Crippen LogP contribution < -0.4 is 5.32 Å². The fourth-order valence-corrected chi connectivity index (χ4v) is 8.47. The molecule has 0 spiro atoms. The highest BCUT2D eigenvalue weighted by Gasteiger charge is 2.53. The Labute approximate surface area is 188 Å². The minimum absolute atomic E-state index is 0.0637. The minimum atomic E-state index is 0.0637. The number of hydrogen-bond donors (Lipinski definition) is 1. The van der Waals surface area contributed by atoms with Crippen molar-refractivity contribution in [1.29, 1.82) is 0 Å². The first kappa shape index (κ1) is 19.5. The van der Waals surface area contributed by atoms with Gasteiger partial charge in [0, 0.05) is 29.0 Å². The monoisotopic (exact) mass is 433 g/mol. The van der Waals surface area contributed by atoms with Gasteiger partial charge in [0.15, 0.2) is 0 Å². The van der Waals surface area contributed by atoms with Crippen LogP contribution in [-0.4, -0.2) is 21.5 Å². The van der Waals surface area contributed by atoms with Gasteiger partial charge < -0.3 is 9.88 Å². The van der Waals surface area contributed by atoms with Crippen molar-refractivity contribution in [2.45, 2.75) is 65.3 Å². The van der Waals surface area contributed by atoms with Gasteiger partial charge in [-0.15, -0.1) is 11.3 Å². The van der Waals surface area contributed by atoms with Crippen LogP contribution in [0.15, 0.2) is 30.5 Å². The molecule has 4 aliphatic rings. The number of nitrogens with one attached hydrogen (secondary N) is 1. The summed E-state index contributed by atoms with van der Waals surface area (Å²) in [5.41, 5.74) is 3.58. The molecule has 0 aromatic carbocycles. The first-order valence-corrected chi connectivity index (χ1v) is 12.6. The SMILES string of the molecule is Cc1ccc(C)n1-c1c(C(=O)NC(C)C23CC4CC(CC(C4)C2)C3)sc2ncccc12. The highest BCUT2D eigenvalue weighted by molar-refractivity contribution is 7.21. The van der Waals surface area contributed by atoms with E-state index in [9.17, 15) is 4.79 Å². The van der Waals surface area contributed by atoms with Gasteiger partial charge in [0.2, 0.25) is 0 Å². The van der Waals surface area contributed by atoms with Crippen LogP contribution in [0.5, 0.6) is 0 Å². The molecule has 1 atom stereocenters. The Morgan fingerprint density at radius 2 is 1.71 bits per heavy atom. The first-order valence-electron chi connectivity index (χ1n) is 11.8. The number of nitrogens with zero attached hydrogens (tertiary/aromatic N) is 2. The average molecular weight is 434 g/mol. The van der Waals surface area contributed by atoms with Crippen molar-refractivity contribution in [3.05, 3.63) is 46.7 Å². The van der Waals surface area contributed by atoms with Crippen molar-refractivity contribution in [3.63, 3.8) is 0 Å². The highest BCUT2D eigenvalue weighted by atomic mass is 32.1. The van der Waals surface area contributed by atoms with Crippen molar-refractivity contribution >= 4 is 27.5 Å². The zero-order chi connectivity index (χ0) is 21.3. The summed E-state index contributed by atoms with van der Waals surface area (Å²) in [5.74, 6) is 2.73. The van der Waals surface area contributed by atoms with Crippen molar-refractivity contribution in [2.24, 2.45) is 23.2 Å². The van der Waals surface area contributed by atoms with Gasteiger partial charge in [-0.25, -0.2) is 4.98 Å². The summed E-state index contributed by atoms with van der Waals surface area (Å²) < 4.78 is 2.21. The third kappa shape index (κ3) is 3.00. The molecule has 3 aromatic rings. The van der Waals surface area contributed by atoms with E-state index < -0.39 is 0 Å². The number of carbonyl (C=O) groups excluding carboxylic acids is 1. The lowest BCUT2D eigenvalue weighted by Gasteiger charge is -2.59. The molecule has 1 unspecified atom stereocenters. The average Bonchev–Trinajstić information content (AvgIpc) is 3.26. The van der Waals surface area contributed by atoms with E-state index in [1.807, 2.05) is 12.3 Å². The molecule has 1 amide bonds. The van der Waals surface area contributed by atoms with Crippen molar-refractivity contribution in [2.75, 3.05) is 0 Å². The fourth-order valence-electron chi connectivity index (χ4n) is 7.44. The molecular weight excluding hydrogens is 402 g/mol. The van der Waals surface area contributed by atoms with Gasteiger partial charge in [0.25, 0.3) is 5.91 Å². The molecular formula is C26H31N3OS. The van der Waals surface area contributed by atoms with E-state index in [-0.39, 0.29) is 11.9 Å². The summed E-state index contributed by atoms with van der Waals surface area (Å²) in [6.07, 6.45) is 10.0. The van der Waals surface area contributed by atoms with E-state index in [0.29, 0.717) is 5.41 Å². The Kier molecular flexibility index (Phi) is 4.37. The Morgan fingerprint density at radius 3 is 2.32 bits per heavy atom. The second kappa shape index (κ2) is 6.93. The van der Waals surface area contributed by atoms with Crippen molar-refractivity contribution in [1.82, 2.24) is 14.9 Å². The summed E-state index contributed by atoms with van der Waals surface area (Å²) >= 11 is 1.52. The van der Waals surface area contributed by atoms with Gasteiger partial charge in [-0.1, -0.05) is 0 Å². The van der Waals surface area contributed by atoms with Gasteiger partial charge in [0.05, 0.1) is 5.69 Å².